The van der Waals surface area contributed by atoms with Gasteiger partial charge >= 0.3 is 0 Å². The van der Waals surface area contributed by atoms with Gasteiger partial charge < -0.3 is 0 Å². The average molecular weight is 435 g/mol. The quantitative estimate of drug-likeness (QED) is 0.277. The molecule has 1 aliphatic rings. The number of benzene rings is 1. The lowest BCUT2D eigenvalue weighted by atomic mass is 9.77. The van der Waals surface area contributed by atoms with Crippen LogP contribution in [0.1, 0.15) is 115 Å². The fraction of sp³-hybridized carbons (Fsp3) is 0.667. The summed E-state index contributed by atoms with van der Waals surface area (Å²) in [5.41, 5.74) is 3.85. The van der Waals surface area contributed by atoms with Gasteiger partial charge in [0.05, 0.1) is 0 Å². The number of nitrogens with zero attached hydrogens (tertiary/aromatic N) is 2. The van der Waals surface area contributed by atoms with E-state index in [1.165, 1.54) is 107 Å². The van der Waals surface area contributed by atoms with Crippen molar-refractivity contribution in [3.63, 3.8) is 0 Å². The highest BCUT2D eigenvalue weighted by molar-refractivity contribution is 5.55. The van der Waals surface area contributed by atoms with Crippen molar-refractivity contribution in [2.75, 3.05) is 0 Å². The number of unbranched alkanes of at least 4 members (excludes halogenated alkanes) is 6. The zero-order chi connectivity index (χ0) is 22.4. The highest BCUT2D eigenvalue weighted by atomic mass is 14.9. The number of aromatic nitrogens is 2. The van der Waals surface area contributed by atoms with Gasteiger partial charge in [0.15, 0.2) is 5.82 Å². The summed E-state index contributed by atoms with van der Waals surface area (Å²) in [4.78, 5) is 9.22. The molecule has 0 N–H and O–H groups in total. The molecule has 0 atom stereocenters. The molecule has 0 unspecified atom stereocenters. The molecule has 0 spiro atoms. The predicted octanol–water partition coefficient (Wildman–Crippen LogP) is 8.98. The molecule has 1 heterocycles. The van der Waals surface area contributed by atoms with Crippen LogP contribution in [-0.2, 0) is 12.8 Å². The van der Waals surface area contributed by atoms with Gasteiger partial charge in [-0.3, -0.25) is 0 Å². The number of hydrogen-bond donors (Lipinski definition) is 0. The number of aryl methyl sites for hydroxylation is 2. The molecule has 2 heteroatoms. The van der Waals surface area contributed by atoms with Gasteiger partial charge in [-0.15, -0.1) is 0 Å². The molecule has 2 nitrogen and oxygen atoms in total. The molecule has 1 aromatic heterocycles. The van der Waals surface area contributed by atoms with Gasteiger partial charge in [-0.1, -0.05) is 115 Å². The van der Waals surface area contributed by atoms with Crippen LogP contribution in [0.25, 0.3) is 11.4 Å². The SMILES string of the molecule is CCCCCCC[C@H]1CC[C@H](CCc2ccc(-c3ncc(CCCCC)cn3)cc2)CC1. The van der Waals surface area contributed by atoms with E-state index in [0.29, 0.717) is 0 Å². The van der Waals surface area contributed by atoms with E-state index in [0.717, 1.165) is 29.6 Å². The second-order valence-corrected chi connectivity index (χ2v) is 10.2. The Morgan fingerprint density at radius 3 is 1.88 bits per heavy atom. The molecule has 1 aliphatic carbocycles. The van der Waals surface area contributed by atoms with Crippen molar-refractivity contribution >= 4 is 0 Å². The number of hydrogen-bond acceptors (Lipinski definition) is 2. The molecular weight excluding hydrogens is 388 g/mol. The fourth-order valence-corrected chi connectivity index (χ4v) is 5.25. The van der Waals surface area contributed by atoms with E-state index >= 15 is 0 Å². The maximum Gasteiger partial charge on any atom is 0.159 e. The van der Waals surface area contributed by atoms with E-state index in [2.05, 4.69) is 48.1 Å². The van der Waals surface area contributed by atoms with Gasteiger partial charge in [0.1, 0.15) is 0 Å². The molecular formula is C30H46N2. The van der Waals surface area contributed by atoms with Crippen LogP contribution in [0.4, 0.5) is 0 Å². The van der Waals surface area contributed by atoms with Crippen LogP contribution in [0, 0.1) is 11.8 Å². The van der Waals surface area contributed by atoms with Crippen molar-refractivity contribution < 1.29 is 0 Å². The molecule has 0 radical (unpaired) electrons. The fourth-order valence-electron chi connectivity index (χ4n) is 5.25. The van der Waals surface area contributed by atoms with Gasteiger partial charge in [-0.05, 0) is 48.6 Å². The van der Waals surface area contributed by atoms with Crippen LogP contribution in [0.15, 0.2) is 36.7 Å². The van der Waals surface area contributed by atoms with Crippen molar-refractivity contribution in [3.05, 3.63) is 47.8 Å². The summed E-state index contributed by atoms with van der Waals surface area (Å²) in [5.74, 6) is 2.81. The van der Waals surface area contributed by atoms with Crippen LogP contribution < -0.4 is 0 Å². The summed E-state index contributed by atoms with van der Waals surface area (Å²) in [5, 5.41) is 0. The molecule has 1 fully saturated rings. The van der Waals surface area contributed by atoms with E-state index in [9.17, 15) is 0 Å². The molecule has 0 aliphatic heterocycles. The first-order valence-electron chi connectivity index (χ1n) is 13.7. The first-order valence-corrected chi connectivity index (χ1v) is 13.7. The highest BCUT2D eigenvalue weighted by Crippen LogP contribution is 2.34. The van der Waals surface area contributed by atoms with Crippen LogP contribution in [0.3, 0.4) is 0 Å². The maximum atomic E-state index is 4.61. The zero-order valence-electron chi connectivity index (χ0n) is 20.8. The third kappa shape index (κ3) is 8.68. The Labute approximate surface area is 197 Å². The lowest BCUT2D eigenvalue weighted by molar-refractivity contribution is 0.248. The Kier molecular flexibility index (Phi) is 11.3. The second-order valence-electron chi connectivity index (χ2n) is 10.2. The third-order valence-electron chi connectivity index (χ3n) is 7.51. The molecule has 176 valence electrons. The van der Waals surface area contributed by atoms with E-state index in [1.54, 1.807) is 0 Å². The molecule has 0 amide bonds. The average Bonchev–Trinajstić information content (AvgIpc) is 2.84. The third-order valence-corrected chi connectivity index (χ3v) is 7.51. The lowest BCUT2D eigenvalue weighted by Crippen LogP contribution is -2.15. The second kappa shape index (κ2) is 14.4. The van der Waals surface area contributed by atoms with Gasteiger partial charge in [0, 0.05) is 18.0 Å². The van der Waals surface area contributed by atoms with Crippen LogP contribution >= 0.6 is 0 Å². The van der Waals surface area contributed by atoms with Crippen molar-refractivity contribution in [1.29, 1.82) is 0 Å². The lowest BCUT2D eigenvalue weighted by Gasteiger charge is -2.28. The van der Waals surface area contributed by atoms with Crippen LogP contribution in [0.5, 0.6) is 0 Å². The molecule has 0 saturated heterocycles. The van der Waals surface area contributed by atoms with Crippen molar-refractivity contribution in [1.82, 2.24) is 9.97 Å². The monoisotopic (exact) mass is 434 g/mol. The van der Waals surface area contributed by atoms with Crippen LogP contribution in [-0.4, -0.2) is 9.97 Å². The topological polar surface area (TPSA) is 25.8 Å². The summed E-state index contributed by atoms with van der Waals surface area (Å²) < 4.78 is 0. The Hall–Kier alpha value is -1.70. The van der Waals surface area contributed by atoms with E-state index in [1.807, 2.05) is 12.4 Å². The van der Waals surface area contributed by atoms with Crippen LogP contribution in [0.2, 0.25) is 0 Å². The van der Waals surface area contributed by atoms with Gasteiger partial charge in [-0.2, -0.15) is 0 Å². The summed E-state index contributed by atoms with van der Waals surface area (Å²) in [7, 11) is 0. The van der Waals surface area contributed by atoms with E-state index < -0.39 is 0 Å². The summed E-state index contributed by atoms with van der Waals surface area (Å²) in [6, 6.07) is 8.99. The predicted molar refractivity (Wildman–Crippen MR) is 138 cm³/mol. The molecule has 1 aromatic carbocycles. The molecule has 3 rings (SSSR count). The summed E-state index contributed by atoms with van der Waals surface area (Å²) >= 11 is 0. The van der Waals surface area contributed by atoms with Gasteiger partial charge in [0.25, 0.3) is 0 Å². The normalized spacial score (nSPS) is 18.7. The van der Waals surface area contributed by atoms with Gasteiger partial charge in [-0.25, -0.2) is 9.97 Å². The van der Waals surface area contributed by atoms with Crippen molar-refractivity contribution in [2.45, 2.75) is 117 Å². The minimum atomic E-state index is 0.851. The largest absolute Gasteiger partial charge is 0.236 e. The zero-order valence-corrected chi connectivity index (χ0v) is 20.8. The minimum Gasteiger partial charge on any atom is -0.236 e. The Balaban J connectivity index is 1.35. The first kappa shape index (κ1) is 24.9. The van der Waals surface area contributed by atoms with Gasteiger partial charge in [0.2, 0.25) is 0 Å². The van der Waals surface area contributed by atoms with Crippen molar-refractivity contribution in [3.8, 4) is 11.4 Å². The Morgan fingerprint density at radius 2 is 1.22 bits per heavy atom. The molecule has 32 heavy (non-hydrogen) atoms. The smallest absolute Gasteiger partial charge is 0.159 e. The highest BCUT2D eigenvalue weighted by Gasteiger charge is 2.20. The standard InChI is InChI=1S/C30H46N2/c1-3-5-7-8-10-11-25-13-15-26(16-14-25)17-18-27-19-21-29(22-20-27)30-31-23-28(24-32-30)12-9-6-4-2/h19-26H,3-18H2,1-2H3/t25-,26-. The van der Waals surface area contributed by atoms with E-state index in [-0.39, 0.29) is 0 Å². The molecule has 1 saturated carbocycles. The summed E-state index contributed by atoms with van der Waals surface area (Å²) in [6.45, 7) is 4.54. The minimum absolute atomic E-state index is 0.851. The number of rotatable bonds is 14. The Morgan fingerprint density at radius 1 is 0.625 bits per heavy atom. The van der Waals surface area contributed by atoms with Crippen molar-refractivity contribution in [2.24, 2.45) is 11.8 Å². The summed E-state index contributed by atoms with van der Waals surface area (Å²) in [6.07, 6.45) is 25.9. The van der Waals surface area contributed by atoms with E-state index in [4.69, 9.17) is 0 Å². The molecule has 0 bridgehead atoms. The Bertz CT molecular complexity index is 726. The maximum absolute atomic E-state index is 4.61. The molecule has 2 aromatic rings. The first-order chi connectivity index (χ1) is 15.8.